The maximum absolute atomic E-state index is 11.9. The van der Waals surface area contributed by atoms with Crippen molar-refractivity contribution in [2.45, 2.75) is 38.1 Å². The second kappa shape index (κ2) is 3.71. The summed E-state index contributed by atoms with van der Waals surface area (Å²) in [5.74, 6) is 4.23. The molecule has 3 aliphatic carbocycles. The number of fused-ring (bicyclic) bond motifs is 5. The summed E-state index contributed by atoms with van der Waals surface area (Å²) in [6, 6.07) is 0.702. The smallest absolute Gasteiger partial charge is 0.236 e. The van der Waals surface area contributed by atoms with Crippen molar-refractivity contribution in [1.82, 2.24) is 10.2 Å². The summed E-state index contributed by atoms with van der Waals surface area (Å²) in [7, 11) is 0. The number of hydrogen-bond acceptors (Lipinski definition) is 2. The summed E-state index contributed by atoms with van der Waals surface area (Å²) >= 11 is 0. The molecule has 4 atom stereocenters. The molecule has 3 nitrogen and oxygen atoms in total. The second-order valence-corrected chi connectivity index (χ2v) is 6.48. The van der Waals surface area contributed by atoms with Gasteiger partial charge in [-0.15, -0.1) is 0 Å². The Hall–Kier alpha value is -0.570. The van der Waals surface area contributed by atoms with E-state index in [1.54, 1.807) is 0 Å². The van der Waals surface area contributed by atoms with Crippen molar-refractivity contribution in [3.63, 3.8) is 0 Å². The quantitative estimate of drug-likeness (QED) is 0.797. The van der Waals surface area contributed by atoms with Gasteiger partial charge in [0.15, 0.2) is 0 Å². The molecule has 17 heavy (non-hydrogen) atoms. The van der Waals surface area contributed by atoms with Gasteiger partial charge in [0.25, 0.3) is 0 Å². The minimum atomic E-state index is 0.333. The van der Waals surface area contributed by atoms with E-state index in [0.717, 1.165) is 36.8 Å². The van der Waals surface area contributed by atoms with E-state index in [1.807, 2.05) is 4.90 Å². The Bertz CT molecular complexity index is 321. The number of amides is 1. The molecule has 4 fully saturated rings. The Labute approximate surface area is 103 Å². The minimum Gasteiger partial charge on any atom is -0.342 e. The molecule has 1 heterocycles. The van der Waals surface area contributed by atoms with Crippen LogP contribution in [0, 0.1) is 23.7 Å². The fourth-order valence-corrected chi connectivity index (χ4v) is 4.88. The molecule has 0 spiro atoms. The Morgan fingerprint density at radius 3 is 2.41 bits per heavy atom. The Kier molecular flexibility index (Phi) is 2.26. The van der Waals surface area contributed by atoms with E-state index >= 15 is 0 Å². The lowest BCUT2D eigenvalue weighted by atomic mass is 10.0. The topological polar surface area (TPSA) is 32.3 Å². The van der Waals surface area contributed by atoms with Crippen molar-refractivity contribution in [2.75, 3.05) is 19.6 Å². The summed E-state index contributed by atoms with van der Waals surface area (Å²) < 4.78 is 0. The molecule has 4 rings (SSSR count). The van der Waals surface area contributed by atoms with Crippen molar-refractivity contribution in [2.24, 2.45) is 23.7 Å². The van der Waals surface area contributed by atoms with Crippen LogP contribution in [0.15, 0.2) is 0 Å². The van der Waals surface area contributed by atoms with Gasteiger partial charge in [0.05, 0.1) is 6.54 Å². The Morgan fingerprint density at radius 1 is 1.12 bits per heavy atom. The van der Waals surface area contributed by atoms with E-state index in [-0.39, 0.29) is 0 Å². The fraction of sp³-hybridized carbons (Fsp3) is 0.929. The van der Waals surface area contributed by atoms with Gasteiger partial charge in [0, 0.05) is 19.1 Å². The highest BCUT2D eigenvalue weighted by Crippen LogP contribution is 2.65. The average Bonchev–Trinajstić information content (AvgIpc) is 2.84. The zero-order valence-corrected chi connectivity index (χ0v) is 10.4. The van der Waals surface area contributed by atoms with Crippen LogP contribution in [0.3, 0.4) is 0 Å². The second-order valence-electron chi connectivity index (χ2n) is 6.48. The molecule has 3 saturated carbocycles. The van der Waals surface area contributed by atoms with Gasteiger partial charge in [-0.25, -0.2) is 0 Å². The van der Waals surface area contributed by atoms with Crippen molar-refractivity contribution in [3.05, 3.63) is 0 Å². The van der Waals surface area contributed by atoms with Gasteiger partial charge in [0.1, 0.15) is 0 Å². The largest absolute Gasteiger partial charge is 0.342 e. The van der Waals surface area contributed by atoms with Crippen LogP contribution in [0.1, 0.15) is 32.1 Å². The van der Waals surface area contributed by atoms with Gasteiger partial charge in [-0.1, -0.05) is 0 Å². The molecule has 0 aromatic heterocycles. The molecule has 1 amide bonds. The van der Waals surface area contributed by atoms with Gasteiger partial charge in [-0.05, 0) is 55.8 Å². The molecular formula is C14H22N2O. The predicted octanol–water partition coefficient (Wildman–Crippen LogP) is 1.24. The lowest BCUT2D eigenvalue weighted by Crippen LogP contribution is -2.38. The lowest BCUT2D eigenvalue weighted by Gasteiger charge is -2.16. The molecule has 1 aliphatic heterocycles. The van der Waals surface area contributed by atoms with E-state index in [9.17, 15) is 4.79 Å². The van der Waals surface area contributed by atoms with Crippen LogP contribution in [-0.4, -0.2) is 36.5 Å². The predicted molar refractivity (Wildman–Crippen MR) is 65.4 cm³/mol. The van der Waals surface area contributed by atoms with E-state index in [4.69, 9.17) is 0 Å². The summed E-state index contributed by atoms with van der Waals surface area (Å²) in [5, 5.41) is 3.54. The monoisotopic (exact) mass is 234 g/mol. The third kappa shape index (κ3) is 1.55. The molecule has 1 saturated heterocycles. The molecule has 2 bridgehead atoms. The number of carbonyl (C=O) groups is 1. The number of nitrogens with zero attached hydrogens (tertiary/aromatic N) is 1. The van der Waals surface area contributed by atoms with Crippen molar-refractivity contribution >= 4 is 5.91 Å². The van der Waals surface area contributed by atoms with Gasteiger partial charge in [-0.3, -0.25) is 4.79 Å². The first-order valence-electron chi connectivity index (χ1n) is 7.36. The average molecular weight is 234 g/mol. The van der Waals surface area contributed by atoms with Gasteiger partial charge >= 0.3 is 0 Å². The van der Waals surface area contributed by atoms with Crippen molar-refractivity contribution < 1.29 is 4.79 Å². The summed E-state index contributed by atoms with van der Waals surface area (Å²) in [6.07, 6.45) is 6.82. The maximum Gasteiger partial charge on any atom is 0.236 e. The van der Waals surface area contributed by atoms with E-state index in [1.165, 1.54) is 32.1 Å². The first-order valence-corrected chi connectivity index (χ1v) is 7.36. The normalized spacial score (nSPS) is 46.4. The summed E-state index contributed by atoms with van der Waals surface area (Å²) in [4.78, 5) is 14.0. The molecule has 1 N–H and O–H groups in total. The third-order valence-corrected chi connectivity index (χ3v) is 5.68. The molecule has 0 radical (unpaired) electrons. The van der Waals surface area contributed by atoms with E-state index < -0.39 is 0 Å². The SMILES string of the molecule is O=C(CNC1C2C3CCC(C3)C12)N1CCCC1. The third-order valence-electron chi connectivity index (χ3n) is 5.68. The van der Waals surface area contributed by atoms with Crippen LogP contribution in [0.25, 0.3) is 0 Å². The molecule has 0 aromatic carbocycles. The molecule has 0 aromatic rings. The number of hydrogen-bond donors (Lipinski definition) is 1. The molecular weight excluding hydrogens is 212 g/mol. The first kappa shape index (κ1) is 10.4. The molecule has 4 aliphatic rings. The van der Waals surface area contributed by atoms with Crippen LogP contribution >= 0.6 is 0 Å². The number of nitrogens with one attached hydrogen (secondary N) is 1. The van der Waals surface area contributed by atoms with Gasteiger partial charge in [-0.2, -0.15) is 0 Å². The van der Waals surface area contributed by atoms with Crippen molar-refractivity contribution in [3.8, 4) is 0 Å². The van der Waals surface area contributed by atoms with Gasteiger partial charge < -0.3 is 10.2 Å². The number of likely N-dealkylation sites (tertiary alicyclic amines) is 1. The molecule has 94 valence electrons. The maximum atomic E-state index is 11.9. The van der Waals surface area contributed by atoms with Crippen LogP contribution in [0.2, 0.25) is 0 Å². The zero-order valence-electron chi connectivity index (χ0n) is 10.4. The van der Waals surface area contributed by atoms with Crippen molar-refractivity contribution in [1.29, 1.82) is 0 Å². The zero-order chi connectivity index (χ0) is 11.4. The molecule has 3 heteroatoms. The van der Waals surface area contributed by atoms with Crippen LogP contribution in [0.4, 0.5) is 0 Å². The lowest BCUT2D eigenvalue weighted by molar-refractivity contribution is -0.129. The van der Waals surface area contributed by atoms with E-state index in [0.29, 0.717) is 18.5 Å². The van der Waals surface area contributed by atoms with Gasteiger partial charge in [0.2, 0.25) is 5.91 Å². The van der Waals surface area contributed by atoms with Crippen LogP contribution in [0.5, 0.6) is 0 Å². The summed E-state index contributed by atoms with van der Waals surface area (Å²) in [6.45, 7) is 2.57. The Morgan fingerprint density at radius 2 is 1.76 bits per heavy atom. The minimum absolute atomic E-state index is 0.333. The number of carbonyl (C=O) groups excluding carboxylic acids is 1. The first-order chi connectivity index (χ1) is 8.34. The van der Waals surface area contributed by atoms with Crippen LogP contribution in [-0.2, 0) is 4.79 Å². The van der Waals surface area contributed by atoms with E-state index in [2.05, 4.69) is 5.32 Å². The van der Waals surface area contributed by atoms with Crippen LogP contribution < -0.4 is 5.32 Å². The summed E-state index contributed by atoms with van der Waals surface area (Å²) in [5.41, 5.74) is 0. The molecule has 4 unspecified atom stereocenters. The Balaban J connectivity index is 1.28. The number of rotatable bonds is 3. The highest BCUT2D eigenvalue weighted by molar-refractivity contribution is 5.78. The standard InChI is InChI=1S/C14H22N2O/c17-11(16-5-1-2-6-16)8-15-14-12-9-3-4-10(7-9)13(12)14/h9-10,12-15H,1-8H2. The highest BCUT2D eigenvalue weighted by atomic mass is 16.2. The fourth-order valence-electron chi connectivity index (χ4n) is 4.88. The highest BCUT2D eigenvalue weighted by Gasteiger charge is 2.64.